The molecular weight excluding hydrogens is 326 g/mol. The number of hydrogen-bond donors (Lipinski definition) is 1. The third-order valence-corrected chi connectivity index (χ3v) is 5.55. The second kappa shape index (κ2) is 6.98. The average molecular weight is 351 g/mol. The molecule has 1 aromatic heterocycles. The Hall–Kier alpha value is -2.56. The number of amides is 1. The predicted octanol–water partition coefficient (Wildman–Crippen LogP) is 3.21. The van der Waals surface area contributed by atoms with Gasteiger partial charge in [0, 0.05) is 56.4 Å². The molecule has 0 saturated carbocycles. The number of aromatic nitrogens is 1. The SMILES string of the molecule is CC(=O)N1CCC(Oc2cc(-c3ccc4c(c3N)CCC4)ccn2)CC1. The molecule has 0 atom stereocenters. The molecular formula is C21H25N3O2. The van der Waals surface area contributed by atoms with Crippen LogP contribution in [-0.2, 0) is 17.6 Å². The van der Waals surface area contributed by atoms with Crippen molar-refractivity contribution in [1.29, 1.82) is 0 Å². The highest BCUT2D eigenvalue weighted by Gasteiger charge is 2.22. The van der Waals surface area contributed by atoms with E-state index in [0.717, 1.165) is 55.6 Å². The van der Waals surface area contributed by atoms with E-state index in [1.165, 1.54) is 17.5 Å². The number of likely N-dealkylation sites (tertiary alicyclic amines) is 1. The summed E-state index contributed by atoms with van der Waals surface area (Å²) in [6.07, 6.45) is 6.95. The van der Waals surface area contributed by atoms with E-state index in [4.69, 9.17) is 10.5 Å². The number of nitrogens with two attached hydrogens (primary N) is 1. The number of nitrogen functional groups attached to an aromatic ring is 1. The van der Waals surface area contributed by atoms with Crippen LogP contribution in [0.25, 0.3) is 11.1 Å². The van der Waals surface area contributed by atoms with Crippen molar-refractivity contribution in [3.05, 3.63) is 41.6 Å². The van der Waals surface area contributed by atoms with Crippen LogP contribution in [0.3, 0.4) is 0 Å². The van der Waals surface area contributed by atoms with Crippen LogP contribution < -0.4 is 10.5 Å². The molecule has 2 N–H and O–H groups in total. The Kier molecular flexibility index (Phi) is 4.53. The van der Waals surface area contributed by atoms with Gasteiger partial charge in [-0.2, -0.15) is 0 Å². The second-order valence-corrected chi connectivity index (χ2v) is 7.22. The van der Waals surface area contributed by atoms with Crippen LogP contribution in [0.2, 0.25) is 0 Å². The van der Waals surface area contributed by atoms with Gasteiger partial charge < -0.3 is 15.4 Å². The summed E-state index contributed by atoms with van der Waals surface area (Å²) >= 11 is 0. The fourth-order valence-corrected chi connectivity index (χ4v) is 4.05. The van der Waals surface area contributed by atoms with E-state index in [1.807, 2.05) is 17.0 Å². The second-order valence-electron chi connectivity index (χ2n) is 7.22. The quantitative estimate of drug-likeness (QED) is 0.862. The monoisotopic (exact) mass is 351 g/mol. The van der Waals surface area contributed by atoms with E-state index >= 15 is 0 Å². The molecule has 136 valence electrons. The third kappa shape index (κ3) is 3.26. The lowest BCUT2D eigenvalue weighted by molar-refractivity contribution is -0.130. The Morgan fingerprint density at radius 2 is 2.04 bits per heavy atom. The number of ether oxygens (including phenoxy) is 1. The summed E-state index contributed by atoms with van der Waals surface area (Å²) in [4.78, 5) is 17.7. The summed E-state index contributed by atoms with van der Waals surface area (Å²) in [6.45, 7) is 3.11. The maximum absolute atomic E-state index is 11.4. The summed E-state index contributed by atoms with van der Waals surface area (Å²) in [5, 5.41) is 0. The maximum atomic E-state index is 11.4. The summed E-state index contributed by atoms with van der Waals surface area (Å²) in [7, 11) is 0. The number of carbonyl (C=O) groups excluding carboxylic acids is 1. The van der Waals surface area contributed by atoms with E-state index < -0.39 is 0 Å². The van der Waals surface area contributed by atoms with E-state index in [0.29, 0.717) is 5.88 Å². The van der Waals surface area contributed by atoms with Crippen molar-refractivity contribution in [3.8, 4) is 17.0 Å². The largest absolute Gasteiger partial charge is 0.474 e. The van der Waals surface area contributed by atoms with Crippen molar-refractivity contribution < 1.29 is 9.53 Å². The highest BCUT2D eigenvalue weighted by atomic mass is 16.5. The molecule has 1 saturated heterocycles. The van der Waals surface area contributed by atoms with Crippen LogP contribution >= 0.6 is 0 Å². The molecule has 2 aliphatic rings. The summed E-state index contributed by atoms with van der Waals surface area (Å²) in [6, 6.07) is 8.28. The molecule has 5 nitrogen and oxygen atoms in total. The lowest BCUT2D eigenvalue weighted by Crippen LogP contribution is -2.40. The molecule has 4 rings (SSSR count). The lowest BCUT2D eigenvalue weighted by Gasteiger charge is -2.31. The van der Waals surface area contributed by atoms with Crippen molar-refractivity contribution in [3.63, 3.8) is 0 Å². The van der Waals surface area contributed by atoms with Gasteiger partial charge in [0.25, 0.3) is 0 Å². The summed E-state index contributed by atoms with van der Waals surface area (Å²) < 4.78 is 6.09. The third-order valence-electron chi connectivity index (χ3n) is 5.55. The van der Waals surface area contributed by atoms with E-state index in [2.05, 4.69) is 17.1 Å². The first kappa shape index (κ1) is 16.9. The van der Waals surface area contributed by atoms with Gasteiger partial charge in [-0.25, -0.2) is 4.98 Å². The molecule has 26 heavy (non-hydrogen) atoms. The van der Waals surface area contributed by atoms with Gasteiger partial charge in [-0.15, -0.1) is 0 Å². The van der Waals surface area contributed by atoms with Crippen molar-refractivity contribution >= 4 is 11.6 Å². The minimum absolute atomic E-state index is 0.103. The molecule has 2 aromatic rings. The fraction of sp³-hybridized carbons (Fsp3) is 0.429. The first-order chi connectivity index (χ1) is 12.6. The van der Waals surface area contributed by atoms with Gasteiger partial charge in [0.2, 0.25) is 11.8 Å². The zero-order valence-corrected chi connectivity index (χ0v) is 15.2. The number of pyridine rings is 1. The van der Waals surface area contributed by atoms with Crippen molar-refractivity contribution in [1.82, 2.24) is 9.88 Å². The Morgan fingerprint density at radius 1 is 1.23 bits per heavy atom. The first-order valence-corrected chi connectivity index (χ1v) is 9.40. The smallest absolute Gasteiger partial charge is 0.219 e. The van der Waals surface area contributed by atoms with Crippen molar-refractivity contribution in [2.75, 3.05) is 18.8 Å². The minimum Gasteiger partial charge on any atom is -0.474 e. The van der Waals surface area contributed by atoms with Crippen LogP contribution in [0, 0.1) is 0 Å². The lowest BCUT2D eigenvalue weighted by atomic mass is 9.98. The number of carbonyl (C=O) groups is 1. The standard InChI is InChI=1S/C21H25N3O2/c1-14(25)24-11-8-17(9-12-24)26-20-13-16(7-10-23-20)19-6-5-15-3-2-4-18(15)21(19)22/h5-7,10,13,17H,2-4,8-9,11-12,22H2,1H3. The number of fused-ring (bicyclic) bond motifs is 1. The number of piperidine rings is 1. The highest BCUT2D eigenvalue weighted by molar-refractivity contribution is 5.80. The maximum Gasteiger partial charge on any atom is 0.219 e. The van der Waals surface area contributed by atoms with E-state index in [9.17, 15) is 4.79 Å². The van der Waals surface area contributed by atoms with Crippen LogP contribution in [0.1, 0.15) is 37.3 Å². The Morgan fingerprint density at radius 3 is 2.81 bits per heavy atom. The molecule has 0 bridgehead atoms. The van der Waals surface area contributed by atoms with Gasteiger partial charge in [-0.3, -0.25) is 4.79 Å². The van der Waals surface area contributed by atoms with Gasteiger partial charge in [0.05, 0.1) is 0 Å². The van der Waals surface area contributed by atoms with Crippen molar-refractivity contribution in [2.45, 2.75) is 45.1 Å². The Balaban J connectivity index is 1.50. The minimum atomic E-state index is 0.103. The molecule has 2 heterocycles. The normalized spacial score (nSPS) is 17.2. The molecule has 1 aromatic carbocycles. The molecule has 1 aliphatic carbocycles. The van der Waals surface area contributed by atoms with Crippen LogP contribution in [0.5, 0.6) is 5.88 Å². The Labute approximate surface area is 154 Å². The number of hydrogen-bond acceptors (Lipinski definition) is 4. The topological polar surface area (TPSA) is 68.5 Å². The number of rotatable bonds is 3. The fourth-order valence-electron chi connectivity index (χ4n) is 4.05. The predicted molar refractivity (Wildman–Crippen MR) is 102 cm³/mol. The molecule has 1 fully saturated rings. The zero-order chi connectivity index (χ0) is 18.1. The molecule has 0 spiro atoms. The molecule has 1 aliphatic heterocycles. The molecule has 1 amide bonds. The van der Waals surface area contributed by atoms with Gasteiger partial charge in [0.1, 0.15) is 6.10 Å². The number of nitrogens with zero attached hydrogens (tertiary/aromatic N) is 2. The number of anilines is 1. The van der Waals surface area contributed by atoms with Gasteiger partial charge in [-0.05, 0) is 42.0 Å². The summed E-state index contributed by atoms with van der Waals surface area (Å²) in [5.74, 6) is 0.763. The summed E-state index contributed by atoms with van der Waals surface area (Å²) in [5.41, 5.74) is 12.1. The van der Waals surface area contributed by atoms with Crippen LogP contribution in [0.4, 0.5) is 5.69 Å². The molecule has 5 heteroatoms. The number of benzene rings is 1. The van der Waals surface area contributed by atoms with Gasteiger partial charge in [-0.1, -0.05) is 12.1 Å². The van der Waals surface area contributed by atoms with Gasteiger partial charge in [0.15, 0.2) is 0 Å². The van der Waals surface area contributed by atoms with Crippen LogP contribution in [0.15, 0.2) is 30.5 Å². The van der Waals surface area contributed by atoms with E-state index in [-0.39, 0.29) is 12.0 Å². The van der Waals surface area contributed by atoms with Crippen LogP contribution in [-0.4, -0.2) is 35.0 Å². The zero-order valence-electron chi connectivity index (χ0n) is 15.2. The molecule has 0 unspecified atom stereocenters. The Bertz CT molecular complexity index is 826. The van der Waals surface area contributed by atoms with E-state index in [1.54, 1.807) is 13.1 Å². The number of aryl methyl sites for hydroxylation is 1. The van der Waals surface area contributed by atoms with Crippen molar-refractivity contribution in [2.24, 2.45) is 0 Å². The van der Waals surface area contributed by atoms with Gasteiger partial charge >= 0.3 is 0 Å². The average Bonchev–Trinajstić information content (AvgIpc) is 3.12. The highest BCUT2D eigenvalue weighted by Crippen LogP contribution is 2.36. The molecule has 0 radical (unpaired) electrons. The first-order valence-electron chi connectivity index (χ1n) is 9.40.